The van der Waals surface area contributed by atoms with Crippen LogP contribution in [0.3, 0.4) is 0 Å². The molecular weight excluding hydrogens is 1540 g/mol. The number of hydrogen-bond acceptors (Lipinski definition) is 25. The lowest BCUT2D eigenvalue weighted by molar-refractivity contribution is -0.141. The summed E-state index contributed by atoms with van der Waals surface area (Å²) in [5.41, 5.74) is -4.40. The van der Waals surface area contributed by atoms with Crippen molar-refractivity contribution in [2.45, 2.75) is 171 Å². The molecule has 10 heterocycles. The van der Waals surface area contributed by atoms with Crippen molar-refractivity contribution in [3.05, 3.63) is 127 Å². The third kappa shape index (κ3) is 20.6. The summed E-state index contributed by atoms with van der Waals surface area (Å²) in [6.45, 7) is 34.8. The predicted octanol–water partition coefficient (Wildman–Crippen LogP) is 4.87. The number of allylic oxidation sites excluding steroid dienone is 8. The number of amides is 19. The van der Waals surface area contributed by atoms with Gasteiger partial charge in [0.25, 0.3) is 52.8 Å². The van der Waals surface area contributed by atoms with Crippen molar-refractivity contribution in [1.82, 2.24) is 68.8 Å². The van der Waals surface area contributed by atoms with Gasteiger partial charge in [0.15, 0.2) is 23.5 Å². The van der Waals surface area contributed by atoms with Gasteiger partial charge in [0.1, 0.15) is 60.9 Å². The predicted molar refractivity (Wildman–Crippen MR) is 426 cm³/mol. The van der Waals surface area contributed by atoms with E-state index in [-0.39, 0.29) is 80.2 Å². The Labute approximate surface area is 683 Å². The van der Waals surface area contributed by atoms with Crippen LogP contribution >= 0.6 is 0 Å². The number of hydrogen-bond donors (Lipinski definition) is 3. The zero-order chi connectivity index (χ0) is 89.5. The summed E-state index contributed by atoms with van der Waals surface area (Å²) >= 11 is 0. The van der Waals surface area contributed by atoms with Crippen LogP contribution in [-0.2, 0) is 90.5 Å². The van der Waals surface area contributed by atoms with Crippen LogP contribution in [0.4, 0.5) is 19.2 Å². The Balaban J connectivity index is 0.000000230. The Hall–Kier alpha value is -12.5. The van der Waals surface area contributed by atoms with Gasteiger partial charge in [-0.3, -0.25) is 121 Å². The van der Waals surface area contributed by atoms with E-state index < -0.39 is 105 Å². The first-order valence-corrected chi connectivity index (χ1v) is 37.8. The number of carbonyl (C=O) groups is 15. The number of unbranched alkanes of at least 4 members (excludes halogenated alkanes) is 1. The average molecular weight is 1650 g/mol. The number of aromatic hydroxyl groups is 1. The molecule has 1 aromatic heterocycles. The fraction of sp³-hybridized carbons (Fsp3) is 0.525. The van der Waals surface area contributed by atoms with Crippen LogP contribution in [-0.4, -0.2) is 268 Å². The molecule has 1 atom stereocenters. The summed E-state index contributed by atoms with van der Waals surface area (Å²) in [6, 6.07) is -2.86. The molecule has 0 aliphatic carbocycles. The normalized spacial score (nSPS) is 21.6. The molecule has 38 heteroatoms. The molecule has 19 amide bonds. The molecule has 9 aliphatic rings. The maximum absolute atomic E-state index is 13.2. The minimum Gasteiger partial charge on any atom is -0.494 e. The molecule has 0 aromatic carbocycles. The van der Waals surface area contributed by atoms with E-state index in [1.807, 2.05) is 119 Å². The summed E-state index contributed by atoms with van der Waals surface area (Å²) in [4.78, 5) is 220. The maximum Gasteiger partial charge on any atom is 0.333 e. The van der Waals surface area contributed by atoms with E-state index in [9.17, 15) is 86.6 Å². The molecule has 3 N–H and O–H groups in total. The van der Waals surface area contributed by atoms with Crippen molar-refractivity contribution < 1.29 is 101 Å². The second-order valence-corrected chi connectivity index (χ2v) is 32.8. The first-order chi connectivity index (χ1) is 54.5. The molecule has 0 saturated carbocycles. The minimum atomic E-state index is -0.807. The number of barbiturate groups is 4. The van der Waals surface area contributed by atoms with E-state index in [0.717, 1.165) is 70.8 Å². The van der Waals surface area contributed by atoms with Crippen LogP contribution < -0.4 is 21.9 Å². The van der Waals surface area contributed by atoms with Crippen molar-refractivity contribution >= 4 is 101 Å². The molecule has 1 aromatic rings. The van der Waals surface area contributed by atoms with Gasteiger partial charge in [0.05, 0.1) is 27.7 Å². The smallest absolute Gasteiger partial charge is 0.333 e. The van der Waals surface area contributed by atoms with Gasteiger partial charge >= 0.3 is 29.8 Å². The summed E-state index contributed by atoms with van der Waals surface area (Å²) in [5.74, 6) is -4.57. The molecule has 0 radical (unpaired) electrons. The minimum absolute atomic E-state index is 0.0150. The number of carbonyl (C=O) groups excluding carboxylic acids is 15. The van der Waals surface area contributed by atoms with Gasteiger partial charge in [-0.25, -0.2) is 29.0 Å². The Bertz CT molecular complexity index is 4690. The summed E-state index contributed by atoms with van der Waals surface area (Å²) in [7, 11) is 10.6. The van der Waals surface area contributed by atoms with Crippen LogP contribution in [0.2, 0.25) is 0 Å². The van der Waals surface area contributed by atoms with Crippen molar-refractivity contribution in [2.75, 3.05) is 81.9 Å². The zero-order valence-corrected chi connectivity index (χ0v) is 71.7. The Kier molecular flexibility index (Phi) is 29.4. The number of ether oxygens (including phenoxy) is 5. The molecule has 642 valence electrons. The third-order valence-corrected chi connectivity index (χ3v) is 19.7. The molecule has 1 unspecified atom stereocenters. The fourth-order valence-corrected chi connectivity index (χ4v) is 12.7. The number of nitrogens with one attached hydrogen (secondary N) is 2. The largest absolute Gasteiger partial charge is 0.494 e. The van der Waals surface area contributed by atoms with Crippen molar-refractivity contribution in [3.63, 3.8) is 0 Å². The summed E-state index contributed by atoms with van der Waals surface area (Å²) < 4.78 is 29.7. The molecular formula is C80H109N15O23. The van der Waals surface area contributed by atoms with Crippen LogP contribution in [0.25, 0.3) is 6.08 Å². The van der Waals surface area contributed by atoms with E-state index in [4.69, 9.17) is 23.7 Å². The van der Waals surface area contributed by atoms with E-state index >= 15 is 0 Å². The topological polar surface area (TPSA) is 435 Å². The lowest BCUT2D eigenvalue weighted by atomic mass is 9.92. The second kappa shape index (κ2) is 36.7. The average Bonchev–Trinajstić information content (AvgIpc) is 1.63. The Morgan fingerprint density at radius 2 is 0.839 bits per heavy atom. The Morgan fingerprint density at radius 3 is 1.21 bits per heavy atom. The lowest BCUT2D eigenvalue weighted by Crippen LogP contribution is -2.53. The number of urea groups is 4. The summed E-state index contributed by atoms with van der Waals surface area (Å²) in [5, 5.41) is 13.9. The van der Waals surface area contributed by atoms with Crippen LogP contribution in [0.1, 0.15) is 149 Å². The zero-order valence-electron chi connectivity index (χ0n) is 71.7. The van der Waals surface area contributed by atoms with Crippen LogP contribution in [0.5, 0.6) is 5.88 Å². The SMILES string of the molecule is CC(=O)N1/C(=C/C=C2C(=O)N(C)C(=O)N(C)C2=O)OCC1(C)C.CCCCC(CC)C(=O)N1/C(=C/C=C2C(=O)N(C)C(=O)N(C)C2=O)OCC1(C)C.CCN1/C(=C/C=C2C(=O)NC(=O)NC2=O)OCC1(C)C.CN1C(=O)C(=C/C=C2\OCC(C)(C)N2C(=O)C(C)(C)C)C(=O)N(C)C1=O.Cn1c(O)c(C=CC2=NC(C)(C)CO2)c(=O)n(C)c1=O. The number of likely N-dealkylation sites (N-methyl/N-ethyl adjacent to an activating group) is 7. The second-order valence-electron chi connectivity index (χ2n) is 32.8. The number of imide groups is 8. The van der Waals surface area contributed by atoms with Gasteiger partial charge in [-0.15, -0.1) is 0 Å². The Morgan fingerprint density at radius 1 is 0.475 bits per heavy atom. The standard InChI is InChI=1S/C21H31N3O5.C18H25N3O5.C15H19N3O5.2C13H17N3O4/c1-7-9-10-14(8-2)17(25)24-16(29-13-21(24,3)4)12-11-15-18(26)22(5)20(28)23(6)19(15)27;1-17(2,3)15(24)21-12(26-10-18(21,4)5)9-8-11-13(22)19(6)16(25)20(7)14(11)23;1-9(19)18-11(23-8-15(18,2)3)7-6-10-12(20)16(4)14(22)17(5)13(10)21;1-13(2)7-20-9(14-13)6-5-8-10(17)15(3)12(19)16(4)11(8)18;1-4-16-9(20-7-13(16,2)3)6-5-8-10(17)14-12(19)15-11(8)18/h11-12,14H,7-10,13H2,1-6H3;8-9H,10H2,1-7H3;6-7H,8H2,1-5H3;5-6,17H,7H2,1-4H3;5-6H,4,7H2,1-3H3,(H2,14,15,17,18,19)/b16-12-;12-9-;11-7-;;9-6-. The lowest BCUT2D eigenvalue weighted by Gasteiger charge is -2.33. The van der Waals surface area contributed by atoms with Gasteiger partial charge in [-0.05, 0) is 144 Å². The molecule has 0 spiro atoms. The molecule has 38 nitrogen and oxygen atoms in total. The first kappa shape index (κ1) is 94.3. The molecule has 118 heavy (non-hydrogen) atoms. The van der Waals surface area contributed by atoms with Gasteiger partial charge < -0.3 is 33.7 Å². The van der Waals surface area contributed by atoms with Crippen molar-refractivity contribution in [2.24, 2.45) is 30.4 Å². The van der Waals surface area contributed by atoms with Crippen LogP contribution in [0.15, 0.2) is 115 Å². The van der Waals surface area contributed by atoms with Gasteiger partial charge in [0.2, 0.25) is 29.5 Å². The number of rotatable bonds is 12. The third-order valence-electron chi connectivity index (χ3n) is 19.7. The monoisotopic (exact) mass is 1650 g/mol. The highest BCUT2D eigenvalue weighted by Crippen LogP contribution is 2.37. The van der Waals surface area contributed by atoms with Gasteiger partial charge in [0, 0.05) is 87.3 Å². The van der Waals surface area contributed by atoms with E-state index in [1.165, 1.54) is 123 Å². The fourth-order valence-electron chi connectivity index (χ4n) is 12.7. The molecule has 8 fully saturated rings. The quantitative estimate of drug-likeness (QED) is 0.186. The summed E-state index contributed by atoms with van der Waals surface area (Å²) in [6.07, 6.45) is 17.6. The number of aromatic nitrogens is 2. The van der Waals surface area contributed by atoms with E-state index in [0.29, 0.717) is 50.7 Å². The van der Waals surface area contributed by atoms with E-state index in [1.54, 1.807) is 15.9 Å². The molecule has 8 saturated heterocycles. The number of nitrogens with zero attached hydrogens (tertiary/aromatic N) is 13. The highest BCUT2D eigenvalue weighted by molar-refractivity contribution is 6.31. The van der Waals surface area contributed by atoms with Gasteiger partial charge in [-0.2, -0.15) is 0 Å². The van der Waals surface area contributed by atoms with Crippen molar-refractivity contribution in [1.29, 1.82) is 0 Å². The number of aliphatic imine (C=N–C) groups is 1. The molecule has 0 bridgehead atoms. The van der Waals surface area contributed by atoms with Crippen LogP contribution in [0, 0.1) is 11.3 Å². The molecule has 9 aliphatic heterocycles. The molecule has 10 rings (SSSR count). The highest BCUT2D eigenvalue weighted by Gasteiger charge is 2.48. The maximum atomic E-state index is 13.2. The highest BCUT2D eigenvalue weighted by atomic mass is 16.5. The van der Waals surface area contributed by atoms with Gasteiger partial charge in [-0.1, -0.05) is 47.5 Å². The van der Waals surface area contributed by atoms with E-state index in [2.05, 4.69) is 11.9 Å². The van der Waals surface area contributed by atoms with Crippen molar-refractivity contribution in [3.8, 4) is 5.88 Å². The first-order valence-electron chi connectivity index (χ1n) is 37.8.